The summed E-state index contributed by atoms with van der Waals surface area (Å²) in [6, 6.07) is 3.68. The van der Waals surface area contributed by atoms with Crippen LogP contribution in [0, 0.1) is 0 Å². The Labute approximate surface area is 123 Å². The van der Waals surface area contributed by atoms with Gasteiger partial charge >= 0.3 is 0 Å². The summed E-state index contributed by atoms with van der Waals surface area (Å²) in [5.41, 5.74) is 0. The van der Waals surface area contributed by atoms with Crippen LogP contribution in [-0.2, 0) is 0 Å². The Bertz CT molecular complexity index is 532. The Morgan fingerprint density at radius 1 is 1.42 bits per heavy atom. The van der Waals surface area contributed by atoms with Crippen molar-refractivity contribution in [3.63, 3.8) is 0 Å². The predicted molar refractivity (Wildman–Crippen MR) is 79.5 cm³/mol. The molecule has 0 aliphatic carbocycles. The maximum atomic E-state index is 11.6. The monoisotopic (exact) mass is 340 g/mol. The molecule has 19 heavy (non-hydrogen) atoms. The number of carbonyl (C=O) groups is 1. The topological polar surface area (TPSA) is 66.9 Å². The van der Waals surface area contributed by atoms with E-state index in [0.717, 1.165) is 28.1 Å². The molecule has 0 fully saturated rings. The van der Waals surface area contributed by atoms with Gasteiger partial charge in [-0.1, -0.05) is 6.07 Å². The molecule has 2 aromatic heterocycles. The zero-order chi connectivity index (χ0) is 13.5. The van der Waals surface area contributed by atoms with E-state index in [1.165, 1.54) is 17.7 Å². The number of anilines is 1. The summed E-state index contributed by atoms with van der Waals surface area (Å²) in [7, 11) is 0. The fourth-order valence-corrected chi connectivity index (χ4v) is 2.44. The summed E-state index contributed by atoms with van der Waals surface area (Å²) in [5.74, 6) is 0.748. The lowest BCUT2D eigenvalue weighted by atomic mass is 10.4. The van der Waals surface area contributed by atoms with Gasteiger partial charge in [-0.3, -0.25) is 4.79 Å². The van der Waals surface area contributed by atoms with Gasteiger partial charge in [0.25, 0.3) is 5.91 Å². The lowest BCUT2D eigenvalue weighted by Gasteiger charge is -2.07. The van der Waals surface area contributed by atoms with Crippen molar-refractivity contribution in [1.82, 2.24) is 15.3 Å². The first kappa shape index (κ1) is 14.0. The molecular formula is C12H13BrN4OS. The molecule has 2 rings (SSSR count). The number of hydrogen-bond donors (Lipinski definition) is 2. The van der Waals surface area contributed by atoms with Crippen molar-refractivity contribution < 1.29 is 4.79 Å². The van der Waals surface area contributed by atoms with Crippen LogP contribution in [0.4, 0.5) is 5.82 Å². The SMILES string of the molecule is O=C(NCCCNc1ncncc1Br)c1cccs1. The number of thiophene rings is 1. The second-order valence-corrected chi connectivity index (χ2v) is 5.53. The standard InChI is InChI=1S/C12H13BrN4OS/c13-9-7-14-8-17-11(9)15-4-2-5-16-12(18)10-3-1-6-19-10/h1,3,6-8H,2,4-5H2,(H,16,18)(H,14,15,17). The molecule has 5 nitrogen and oxygen atoms in total. The van der Waals surface area contributed by atoms with Crippen LogP contribution in [0.3, 0.4) is 0 Å². The number of hydrogen-bond acceptors (Lipinski definition) is 5. The second-order valence-electron chi connectivity index (χ2n) is 3.73. The molecule has 0 aliphatic rings. The van der Waals surface area contributed by atoms with Gasteiger partial charge in [-0.15, -0.1) is 11.3 Å². The average Bonchev–Trinajstić information content (AvgIpc) is 2.94. The van der Waals surface area contributed by atoms with Crippen molar-refractivity contribution in [2.75, 3.05) is 18.4 Å². The van der Waals surface area contributed by atoms with E-state index in [4.69, 9.17) is 0 Å². The van der Waals surface area contributed by atoms with Gasteiger partial charge in [0.2, 0.25) is 0 Å². The number of nitrogens with zero attached hydrogens (tertiary/aromatic N) is 2. The number of amides is 1. The van der Waals surface area contributed by atoms with Gasteiger partial charge in [0.1, 0.15) is 12.1 Å². The van der Waals surface area contributed by atoms with Crippen LogP contribution in [0.15, 0.2) is 34.5 Å². The Kier molecular flexibility index (Phi) is 5.29. The van der Waals surface area contributed by atoms with Gasteiger partial charge in [-0.05, 0) is 33.8 Å². The normalized spacial score (nSPS) is 10.2. The molecule has 0 atom stereocenters. The third-order valence-corrected chi connectivity index (χ3v) is 3.79. The van der Waals surface area contributed by atoms with Crippen molar-refractivity contribution in [2.24, 2.45) is 0 Å². The first-order chi connectivity index (χ1) is 9.27. The van der Waals surface area contributed by atoms with Gasteiger partial charge in [0, 0.05) is 19.3 Å². The van der Waals surface area contributed by atoms with Gasteiger partial charge in [0.05, 0.1) is 9.35 Å². The maximum absolute atomic E-state index is 11.6. The third-order valence-electron chi connectivity index (χ3n) is 2.34. The third kappa shape index (κ3) is 4.29. The quantitative estimate of drug-likeness (QED) is 0.793. The number of halogens is 1. The lowest BCUT2D eigenvalue weighted by Crippen LogP contribution is -2.25. The molecule has 0 saturated heterocycles. The van der Waals surface area contributed by atoms with E-state index >= 15 is 0 Å². The van der Waals surface area contributed by atoms with Crippen LogP contribution in [0.2, 0.25) is 0 Å². The molecule has 7 heteroatoms. The van der Waals surface area contributed by atoms with E-state index in [2.05, 4.69) is 36.5 Å². The maximum Gasteiger partial charge on any atom is 0.261 e. The highest BCUT2D eigenvalue weighted by molar-refractivity contribution is 9.10. The van der Waals surface area contributed by atoms with E-state index in [1.807, 2.05) is 17.5 Å². The van der Waals surface area contributed by atoms with Crippen LogP contribution < -0.4 is 10.6 Å². The molecule has 0 aliphatic heterocycles. The number of carbonyl (C=O) groups excluding carboxylic acids is 1. The highest BCUT2D eigenvalue weighted by Gasteiger charge is 2.04. The van der Waals surface area contributed by atoms with Gasteiger partial charge in [0.15, 0.2) is 0 Å². The molecule has 0 unspecified atom stereocenters. The van der Waals surface area contributed by atoms with Crippen LogP contribution in [-0.4, -0.2) is 29.0 Å². The van der Waals surface area contributed by atoms with Crippen LogP contribution in [0.25, 0.3) is 0 Å². The molecular weight excluding hydrogens is 328 g/mol. The first-order valence-corrected chi connectivity index (χ1v) is 7.45. The molecule has 2 heterocycles. The summed E-state index contributed by atoms with van der Waals surface area (Å²) >= 11 is 4.80. The van der Waals surface area contributed by atoms with Crippen LogP contribution >= 0.6 is 27.3 Å². The largest absolute Gasteiger partial charge is 0.369 e. The molecule has 0 spiro atoms. The van der Waals surface area contributed by atoms with E-state index in [-0.39, 0.29) is 5.91 Å². The summed E-state index contributed by atoms with van der Waals surface area (Å²) < 4.78 is 0.831. The van der Waals surface area contributed by atoms with E-state index in [9.17, 15) is 4.79 Å². The van der Waals surface area contributed by atoms with Crippen LogP contribution in [0.5, 0.6) is 0 Å². The Balaban J connectivity index is 1.65. The number of rotatable bonds is 6. The van der Waals surface area contributed by atoms with E-state index < -0.39 is 0 Å². The van der Waals surface area contributed by atoms with Crippen molar-refractivity contribution in [3.05, 3.63) is 39.4 Å². The molecule has 2 aromatic rings. The van der Waals surface area contributed by atoms with Crippen molar-refractivity contribution >= 4 is 39.0 Å². The van der Waals surface area contributed by atoms with E-state index in [1.54, 1.807) is 6.20 Å². The summed E-state index contributed by atoms with van der Waals surface area (Å²) in [6.45, 7) is 1.37. The van der Waals surface area contributed by atoms with Crippen LogP contribution in [0.1, 0.15) is 16.1 Å². The number of nitrogens with one attached hydrogen (secondary N) is 2. The predicted octanol–water partition coefficient (Wildman–Crippen LogP) is 2.53. The van der Waals surface area contributed by atoms with E-state index in [0.29, 0.717) is 6.54 Å². The first-order valence-electron chi connectivity index (χ1n) is 5.78. The smallest absolute Gasteiger partial charge is 0.261 e. The minimum absolute atomic E-state index is 0.0155. The molecule has 0 aromatic carbocycles. The van der Waals surface area contributed by atoms with Gasteiger partial charge in [-0.2, -0.15) is 0 Å². The fourth-order valence-electron chi connectivity index (χ4n) is 1.43. The lowest BCUT2D eigenvalue weighted by molar-refractivity contribution is 0.0957. The minimum atomic E-state index is -0.0155. The average molecular weight is 341 g/mol. The fraction of sp³-hybridized carbons (Fsp3) is 0.250. The molecule has 0 bridgehead atoms. The Morgan fingerprint density at radius 3 is 3.05 bits per heavy atom. The molecule has 1 amide bonds. The summed E-state index contributed by atoms with van der Waals surface area (Å²) in [6.07, 6.45) is 4.01. The Morgan fingerprint density at radius 2 is 2.32 bits per heavy atom. The highest BCUT2D eigenvalue weighted by atomic mass is 79.9. The highest BCUT2D eigenvalue weighted by Crippen LogP contribution is 2.16. The van der Waals surface area contributed by atoms with Gasteiger partial charge in [-0.25, -0.2) is 9.97 Å². The summed E-state index contributed by atoms with van der Waals surface area (Å²) in [4.78, 5) is 20.4. The molecule has 2 N–H and O–H groups in total. The number of aromatic nitrogens is 2. The second kappa shape index (κ2) is 7.20. The molecule has 0 saturated carbocycles. The Hall–Kier alpha value is -1.47. The molecule has 0 radical (unpaired) electrons. The van der Waals surface area contributed by atoms with Gasteiger partial charge < -0.3 is 10.6 Å². The van der Waals surface area contributed by atoms with Crippen molar-refractivity contribution in [3.8, 4) is 0 Å². The van der Waals surface area contributed by atoms with Crippen molar-refractivity contribution in [2.45, 2.75) is 6.42 Å². The zero-order valence-electron chi connectivity index (χ0n) is 10.1. The minimum Gasteiger partial charge on any atom is -0.369 e. The van der Waals surface area contributed by atoms with Crippen molar-refractivity contribution in [1.29, 1.82) is 0 Å². The molecule has 100 valence electrons. The summed E-state index contributed by atoms with van der Waals surface area (Å²) in [5, 5.41) is 7.94. The zero-order valence-corrected chi connectivity index (χ0v) is 12.5.